The van der Waals surface area contributed by atoms with Crippen LogP contribution in [0.3, 0.4) is 0 Å². The molecule has 4 aliphatic rings. The average molecular weight is 1310 g/mol. The van der Waals surface area contributed by atoms with Crippen molar-refractivity contribution in [3.63, 3.8) is 0 Å². The number of hydrogen-bond acceptors (Lipinski definition) is 19. The fourth-order valence-corrected chi connectivity index (χ4v) is 12.2. The summed E-state index contributed by atoms with van der Waals surface area (Å²) in [5.74, 6) is -4.31. The fourth-order valence-electron chi connectivity index (χ4n) is 12.2. The molecule has 518 valence electrons. The largest absolute Gasteiger partial charge is 0.457 e. The summed E-state index contributed by atoms with van der Waals surface area (Å²) in [6.45, 7) is 18.4. The van der Waals surface area contributed by atoms with Gasteiger partial charge in [0.2, 0.25) is 11.8 Å². The van der Waals surface area contributed by atoms with Crippen molar-refractivity contribution in [3.8, 4) is 5.75 Å². The average Bonchev–Trinajstić information content (AvgIpc) is 1.73. The van der Waals surface area contributed by atoms with Gasteiger partial charge >= 0.3 is 24.1 Å². The second-order valence-corrected chi connectivity index (χ2v) is 26.7. The van der Waals surface area contributed by atoms with Gasteiger partial charge in [-0.1, -0.05) is 77.8 Å². The number of ether oxygens (including phenoxy) is 5. The number of nitrogens with one attached hydrogen (secondary N) is 1. The summed E-state index contributed by atoms with van der Waals surface area (Å²) in [4.78, 5) is 135. The zero-order valence-corrected chi connectivity index (χ0v) is 56.3. The molecule has 3 fully saturated rings. The molecule has 0 spiro atoms. The van der Waals surface area contributed by atoms with Gasteiger partial charge < -0.3 is 59.9 Å². The number of likely N-dealkylation sites (N-methyl/N-ethyl adjacent to an activating group) is 1. The maximum Gasteiger partial charge on any atom is 0.415 e. The van der Waals surface area contributed by atoms with Crippen molar-refractivity contribution in [2.45, 2.75) is 225 Å². The van der Waals surface area contributed by atoms with Gasteiger partial charge in [-0.3, -0.25) is 48.2 Å². The van der Waals surface area contributed by atoms with Crippen LogP contribution in [0.2, 0.25) is 0 Å². The number of unbranched alkanes of at least 4 members (excludes halogenated alkanes) is 3. The van der Waals surface area contributed by atoms with Crippen molar-refractivity contribution < 1.29 is 86.9 Å². The zero-order chi connectivity index (χ0) is 68.7. The molecule has 1 aromatic rings. The number of piperazine rings is 1. The number of epoxide rings is 1. The summed E-state index contributed by atoms with van der Waals surface area (Å²) >= 11 is 0. The molecule has 6 amide bonds. The lowest BCUT2D eigenvalue weighted by atomic mass is 9.84. The minimum atomic E-state index is -1.37. The van der Waals surface area contributed by atoms with Gasteiger partial charge in [0.25, 0.3) is 11.8 Å². The topological polar surface area (TPSA) is 332 Å². The highest BCUT2D eigenvalue weighted by Gasteiger charge is 2.48. The molecule has 24 nitrogen and oxygen atoms in total. The standard InChI is InChI=1S/C69H104N6O18/c1-11-55(79)47(6)64-57(90-64)43-68(8,88)31-17-18-45(4)63-46(5)22-27-58(69(9,93-48(7)76)32-30-51(78)42-62(84)92-63)91-67(87)74-38-36-73(37-39-74)35-34-72(10)66(86)89-52-25-23-49(24-26-52)40-56(80)54(20-14-15-21-59(70)81)71-65(85)53(44(2)3)41-50(77)19-13-12-16-33-75-60(82)28-29-61(75)83/h17-18,23-26,28-29,31,44,46-47,51,53-55,57-58,63-64,78-79,88H,11-16,19-22,27,30,32-43H2,1-10H3,(H2,70,81)(H,71,85)/b31-17+,45-18+/t46-,47+,51+,53-,54-,55-,57+,58-,63+,64+,68-,69+/m0/s1. The predicted molar refractivity (Wildman–Crippen MR) is 345 cm³/mol. The molecule has 6 N–H and O–H groups in total. The second-order valence-electron chi connectivity index (χ2n) is 26.7. The molecular formula is C69H104N6O18. The number of nitrogens with zero attached hydrogens (tertiary/aromatic N) is 4. The van der Waals surface area contributed by atoms with E-state index in [1.165, 1.54) is 24.0 Å². The van der Waals surface area contributed by atoms with Crippen molar-refractivity contribution >= 4 is 59.3 Å². The number of cyclic esters (lactones) is 1. The number of aliphatic hydroxyl groups is 3. The van der Waals surface area contributed by atoms with Gasteiger partial charge in [0, 0.05) is 116 Å². The normalized spacial score (nSPS) is 24.4. The van der Waals surface area contributed by atoms with Crippen molar-refractivity contribution in [1.29, 1.82) is 0 Å². The van der Waals surface area contributed by atoms with E-state index in [1.54, 1.807) is 68.3 Å². The van der Waals surface area contributed by atoms with Gasteiger partial charge in [-0.15, -0.1) is 0 Å². The quantitative estimate of drug-likeness (QED) is 0.0123. The number of nitrogens with two attached hydrogens (primary N) is 1. The maximum atomic E-state index is 14.1. The minimum Gasteiger partial charge on any atom is -0.457 e. The Morgan fingerprint density at radius 3 is 2.22 bits per heavy atom. The van der Waals surface area contributed by atoms with E-state index in [9.17, 15) is 63.3 Å². The Morgan fingerprint density at radius 1 is 0.914 bits per heavy atom. The van der Waals surface area contributed by atoms with E-state index in [0.717, 1.165) is 4.90 Å². The summed E-state index contributed by atoms with van der Waals surface area (Å²) in [5, 5.41) is 35.5. The highest BCUT2D eigenvalue weighted by Crippen LogP contribution is 2.38. The number of carbonyl (C=O) groups is 10. The molecule has 0 aromatic heterocycles. The molecule has 0 radical (unpaired) electrons. The molecule has 4 aliphatic heterocycles. The third kappa shape index (κ3) is 25.4. The Hall–Kier alpha value is -6.86. The molecule has 4 heterocycles. The Kier molecular flexibility index (Phi) is 30.3. The molecule has 1 aromatic carbocycles. The first kappa shape index (κ1) is 76.8. The van der Waals surface area contributed by atoms with Crippen LogP contribution in [0.5, 0.6) is 5.75 Å². The number of imide groups is 1. The molecule has 0 unspecified atom stereocenters. The van der Waals surface area contributed by atoms with Crippen molar-refractivity contribution in [1.82, 2.24) is 24.9 Å². The maximum absolute atomic E-state index is 14.1. The van der Waals surface area contributed by atoms with E-state index < -0.39 is 83.5 Å². The first-order valence-corrected chi connectivity index (χ1v) is 33.2. The zero-order valence-electron chi connectivity index (χ0n) is 56.3. The highest BCUT2D eigenvalue weighted by atomic mass is 16.6. The number of carbonyl (C=O) groups excluding carboxylic acids is 10. The monoisotopic (exact) mass is 1300 g/mol. The second kappa shape index (κ2) is 36.7. The Morgan fingerprint density at radius 2 is 1.58 bits per heavy atom. The molecule has 5 rings (SSSR count). The minimum absolute atomic E-state index is 0.0207. The van der Waals surface area contributed by atoms with Gasteiger partial charge in [-0.2, -0.15) is 0 Å². The van der Waals surface area contributed by atoms with Crippen LogP contribution in [0.25, 0.3) is 0 Å². The number of primary amides is 1. The van der Waals surface area contributed by atoms with Gasteiger partial charge in [-0.05, 0) is 114 Å². The van der Waals surface area contributed by atoms with E-state index in [2.05, 4.69) is 10.2 Å². The summed E-state index contributed by atoms with van der Waals surface area (Å²) in [6.07, 6.45) is 7.03. The smallest absolute Gasteiger partial charge is 0.415 e. The summed E-state index contributed by atoms with van der Waals surface area (Å²) < 4.78 is 29.7. The predicted octanol–water partition coefficient (Wildman–Crippen LogP) is 6.61. The van der Waals surface area contributed by atoms with E-state index in [-0.39, 0.29) is 130 Å². The first-order chi connectivity index (χ1) is 43.9. The first-order valence-electron chi connectivity index (χ1n) is 33.2. The van der Waals surface area contributed by atoms with Crippen LogP contribution >= 0.6 is 0 Å². The third-order valence-electron chi connectivity index (χ3n) is 18.3. The van der Waals surface area contributed by atoms with Crippen LogP contribution < -0.4 is 15.8 Å². The van der Waals surface area contributed by atoms with E-state index in [0.29, 0.717) is 95.2 Å². The van der Waals surface area contributed by atoms with Gasteiger partial charge in [-0.25, -0.2) is 9.59 Å². The SMILES string of the molecule is CC[C@H](O)[C@@H](C)[C@H]1O[C@@H]1C[C@@](C)(O)/C=C/C=C(\C)[C@H]1OC(=O)C[C@H](O)CC[C@@](C)(OC(C)=O)[C@@H](OC(=O)N2CCN(CCN(C)C(=O)Oc3ccc(CC(=O)[C@H](CCCCC(N)=O)NC(=O)[C@@H](CC(=O)CCCCCN4C(=O)C=CC4=O)C(C)C)cc3)CC2)CC[C@@H]1C. The number of Topliss-reactive ketones (excluding diaryl/α,β-unsaturated/α-hetero) is 2. The lowest BCUT2D eigenvalue weighted by Crippen LogP contribution is -2.53. The fraction of sp³-hybridized carbons (Fsp3) is 0.681. The molecule has 12 atom stereocenters. The summed E-state index contributed by atoms with van der Waals surface area (Å²) in [7, 11) is 1.60. The number of esters is 2. The van der Waals surface area contributed by atoms with Crippen LogP contribution in [0.1, 0.15) is 171 Å². The molecule has 0 aliphatic carbocycles. The Balaban J connectivity index is 1.11. The number of allylic oxidation sites excluding steroid dienone is 2. The Labute approximate surface area is 548 Å². The number of ketones is 2. The summed E-state index contributed by atoms with van der Waals surface area (Å²) in [5.41, 5.74) is 4.03. The number of hydrogen-bond donors (Lipinski definition) is 5. The third-order valence-corrected chi connectivity index (χ3v) is 18.3. The van der Waals surface area contributed by atoms with Crippen molar-refractivity contribution in [2.24, 2.45) is 29.4 Å². The van der Waals surface area contributed by atoms with E-state index in [4.69, 9.17) is 29.4 Å². The van der Waals surface area contributed by atoms with Crippen molar-refractivity contribution in [2.75, 3.05) is 52.9 Å². The molecular weight excluding hydrogens is 1200 g/mol. The van der Waals surface area contributed by atoms with E-state index in [1.807, 2.05) is 41.5 Å². The van der Waals surface area contributed by atoms with Crippen LogP contribution in [-0.4, -0.2) is 201 Å². The molecule has 3 saturated heterocycles. The molecule has 0 bridgehead atoms. The number of amides is 6. The number of aliphatic hydroxyl groups excluding tert-OH is 2. The van der Waals surface area contributed by atoms with Crippen LogP contribution in [0.15, 0.2) is 60.2 Å². The number of benzene rings is 1. The Bertz CT molecular complexity index is 2790. The lowest BCUT2D eigenvalue weighted by molar-refractivity contribution is -0.174. The lowest BCUT2D eigenvalue weighted by Gasteiger charge is -2.40. The van der Waals surface area contributed by atoms with E-state index >= 15 is 0 Å². The van der Waals surface area contributed by atoms with Crippen LogP contribution in [0, 0.1) is 23.7 Å². The number of rotatable bonds is 33. The highest BCUT2D eigenvalue weighted by molar-refractivity contribution is 6.12. The van der Waals surface area contributed by atoms with Gasteiger partial charge in [0.15, 0.2) is 5.78 Å². The molecule has 24 heteroatoms. The van der Waals surface area contributed by atoms with Crippen molar-refractivity contribution in [3.05, 3.63) is 65.8 Å². The summed E-state index contributed by atoms with van der Waals surface area (Å²) in [6, 6.07) is 5.54. The van der Waals surface area contributed by atoms with Gasteiger partial charge in [0.05, 0.1) is 42.5 Å². The molecule has 93 heavy (non-hydrogen) atoms. The van der Waals surface area contributed by atoms with Gasteiger partial charge in [0.1, 0.15) is 29.3 Å². The van der Waals surface area contributed by atoms with Crippen LogP contribution in [0.4, 0.5) is 9.59 Å². The molecule has 0 saturated carbocycles. The van der Waals surface area contributed by atoms with Crippen LogP contribution in [-0.2, 0) is 63.7 Å².